The van der Waals surface area contributed by atoms with E-state index in [0.717, 1.165) is 19.3 Å². The SMILES string of the molecule is C[C@@H](NS(=O)(=O)n1cccc1)C(F)(F)F. The van der Waals surface area contributed by atoms with Crippen LogP contribution < -0.4 is 4.72 Å². The minimum absolute atomic E-state index is 0.676. The van der Waals surface area contributed by atoms with Gasteiger partial charge < -0.3 is 0 Å². The molecule has 1 N–H and O–H groups in total. The van der Waals surface area contributed by atoms with Crippen LogP contribution in [0.4, 0.5) is 13.2 Å². The number of nitrogens with one attached hydrogen (secondary N) is 1. The molecule has 1 aromatic heterocycles. The molecule has 1 rings (SSSR count). The molecule has 0 amide bonds. The first-order valence-corrected chi connectivity index (χ1v) is 5.40. The van der Waals surface area contributed by atoms with E-state index in [2.05, 4.69) is 0 Å². The van der Waals surface area contributed by atoms with E-state index in [1.54, 1.807) is 0 Å². The molecule has 8 heteroatoms. The zero-order valence-corrected chi connectivity index (χ0v) is 8.51. The fourth-order valence-corrected chi connectivity index (χ4v) is 1.99. The number of hydrogen-bond donors (Lipinski definition) is 1. The lowest BCUT2D eigenvalue weighted by atomic mass is 10.4. The van der Waals surface area contributed by atoms with E-state index in [4.69, 9.17) is 0 Å². The van der Waals surface area contributed by atoms with Crippen molar-refractivity contribution < 1.29 is 21.6 Å². The van der Waals surface area contributed by atoms with Crippen LogP contribution >= 0.6 is 0 Å². The van der Waals surface area contributed by atoms with Gasteiger partial charge in [-0.3, -0.25) is 0 Å². The molecule has 15 heavy (non-hydrogen) atoms. The first-order valence-electron chi connectivity index (χ1n) is 3.96. The highest BCUT2D eigenvalue weighted by molar-refractivity contribution is 7.88. The summed E-state index contributed by atoms with van der Waals surface area (Å²) >= 11 is 0. The van der Waals surface area contributed by atoms with Gasteiger partial charge in [0.05, 0.1) is 0 Å². The predicted molar refractivity (Wildman–Crippen MR) is 47.4 cm³/mol. The van der Waals surface area contributed by atoms with Crippen molar-refractivity contribution >= 4 is 10.2 Å². The third kappa shape index (κ3) is 2.96. The molecule has 1 aromatic rings. The smallest absolute Gasteiger partial charge is 0.241 e. The van der Waals surface area contributed by atoms with Crippen LogP contribution in [0.2, 0.25) is 0 Å². The van der Waals surface area contributed by atoms with Crippen LogP contribution in [-0.4, -0.2) is 24.6 Å². The summed E-state index contributed by atoms with van der Waals surface area (Å²) in [7, 11) is -4.15. The molecule has 0 aromatic carbocycles. The quantitative estimate of drug-likeness (QED) is 0.863. The molecular formula is C7H9F3N2O2S. The van der Waals surface area contributed by atoms with Crippen LogP contribution in [0.1, 0.15) is 6.92 Å². The van der Waals surface area contributed by atoms with Crippen molar-refractivity contribution in [3.8, 4) is 0 Å². The zero-order chi connectivity index (χ0) is 11.7. The number of aromatic nitrogens is 1. The van der Waals surface area contributed by atoms with Gasteiger partial charge in [0.25, 0.3) is 0 Å². The molecule has 4 nitrogen and oxygen atoms in total. The number of nitrogens with zero attached hydrogens (tertiary/aromatic N) is 1. The van der Waals surface area contributed by atoms with Gasteiger partial charge in [-0.1, -0.05) is 0 Å². The zero-order valence-electron chi connectivity index (χ0n) is 7.69. The van der Waals surface area contributed by atoms with E-state index in [-0.39, 0.29) is 0 Å². The maximum Gasteiger partial charge on any atom is 0.404 e. The lowest BCUT2D eigenvalue weighted by Crippen LogP contribution is -2.44. The molecule has 0 radical (unpaired) electrons. The third-order valence-electron chi connectivity index (χ3n) is 1.67. The Balaban J connectivity index is 2.84. The highest BCUT2D eigenvalue weighted by Crippen LogP contribution is 2.20. The van der Waals surface area contributed by atoms with Crippen molar-refractivity contribution in [3.05, 3.63) is 24.5 Å². The maximum absolute atomic E-state index is 12.1. The molecule has 0 aliphatic heterocycles. The summed E-state index contributed by atoms with van der Waals surface area (Å²) in [5.41, 5.74) is 0. The van der Waals surface area contributed by atoms with Crippen molar-refractivity contribution in [1.29, 1.82) is 0 Å². The second kappa shape index (κ2) is 3.86. The number of hydrogen-bond acceptors (Lipinski definition) is 2. The summed E-state index contributed by atoms with van der Waals surface area (Å²) in [4.78, 5) is 0. The predicted octanol–water partition coefficient (Wildman–Crippen LogP) is 1.12. The molecular weight excluding hydrogens is 233 g/mol. The van der Waals surface area contributed by atoms with E-state index < -0.39 is 22.4 Å². The van der Waals surface area contributed by atoms with Gasteiger partial charge in [0.1, 0.15) is 6.04 Å². The molecule has 0 saturated carbocycles. The Hall–Kier alpha value is -1.02. The molecule has 1 heterocycles. The summed E-state index contributed by atoms with van der Waals surface area (Å²) in [6.45, 7) is 0.737. The van der Waals surface area contributed by atoms with Crippen molar-refractivity contribution in [3.63, 3.8) is 0 Å². The summed E-state index contributed by atoms with van der Waals surface area (Å²) < 4.78 is 61.0. The number of rotatable bonds is 3. The highest BCUT2D eigenvalue weighted by atomic mass is 32.2. The van der Waals surface area contributed by atoms with Crippen molar-refractivity contribution in [2.45, 2.75) is 19.1 Å². The first-order chi connectivity index (χ1) is 6.73. The largest absolute Gasteiger partial charge is 0.404 e. The van der Waals surface area contributed by atoms with E-state index in [1.165, 1.54) is 16.9 Å². The molecule has 86 valence electrons. The summed E-state index contributed by atoms with van der Waals surface area (Å²) in [5, 5.41) is 0. The average Bonchev–Trinajstić information content (AvgIpc) is 2.52. The maximum atomic E-state index is 12.1. The first kappa shape index (κ1) is 12.1. The van der Waals surface area contributed by atoms with Crippen molar-refractivity contribution in [2.24, 2.45) is 0 Å². The van der Waals surface area contributed by atoms with E-state index in [9.17, 15) is 21.6 Å². The van der Waals surface area contributed by atoms with Gasteiger partial charge in [-0.15, -0.1) is 0 Å². The lowest BCUT2D eigenvalue weighted by molar-refractivity contribution is -0.147. The summed E-state index contributed by atoms with van der Waals surface area (Å²) in [6, 6.07) is 0.680. The molecule has 1 atom stereocenters. The average molecular weight is 242 g/mol. The third-order valence-corrected chi connectivity index (χ3v) is 3.12. The minimum atomic E-state index is -4.60. The topological polar surface area (TPSA) is 51.1 Å². The molecule has 0 bridgehead atoms. The van der Waals surface area contributed by atoms with Crippen LogP contribution in [0, 0.1) is 0 Å². The van der Waals surface area contributed by atoms with Crippen LogP contribution in [0.25, 0.3) is 0 Å². The van der Waals surface area contributed by atoms with Gasteiger partial charge in [-0.2, -0.15) is 26.3 Å². The van der Waals surface area contributed by atoms with Gasteiger partial charge in [-0.25, -0.2) is 3.97 Å². The second-order valence-electron chi connectivity index (χ2n) is 2.90. The minimum Gasteiger partial charge on any atom is -0.241 e. The standard InChI is InChI=1S/C7H9F3N2O2S/c1-6(7(8,9)10)11-15(13,14)12-4-2-3-5-12/h2-6,11H,1H3/t6-/m1/s1. The lowest BCUT2D eigenvalue weighted by Gasteiger charge is -2.17. The van der Waals surface area contributed by atoms with Gasteiger partial charge >= 0.3 is 16.4 Å². The monoisotopic (exact) mass is 242 g/mol. The Morgan fingerprint density at radius 3 is 2.13 bits per heavy atom. The molecule has 0 fully saturated rings. The Labute approximate surface area is 84.9 Å². The second-order valence-corrected chi connectivity index (χ2v) is 4.51. The molecule has 0 saturated heterocycles. The van der Waals surface area contributed by atoms with Crippen LogP contribution in [0.5, 0.6) is 0 Å². The van der Waals surface area contributed by atoms with Crippen molar-refractivity contribution in [2.75, 3.05) is 0 Å². The van der Waals surface area contributed by atoms with E-state index in [1.807, 2.05) is 0 Å². The van der Waals surface area contributed by atoms with Gasteiger partial charge in [-0.05, 0) is 19.1 Å². The van der Waals surface area contributed by atoms with Crippen LogP contribution in [0.15, 0.2) is 24.5 Å². The van der Waals surface area contributed by atoms with E-state index >= 15 is 0 Å². The summed E-state index contributed by atoms with van der Waals surface area (Å²) in [6.07, 6.45) is -2.31. The fourth-order valence-electron chi connectivity index (χ4n) is 0.830. The Morgan fingerprint density at radius 1 is 1.27 bits per heavy atom. The van der Waals surface area contributed by atoms with Gasteiger partial charge in [0.15, 0.2) is 0 Å². The molecule has 0 spiro atoms. The molecule has 0 aliphatic rings. The normalized spacial score (nSPS) is 15.2. The highest BCUT2D eigenvalue weighted by Gasteiger charge is 2.38. The van der Waals surface area contributed by atoms with Crippen LogP contribution in [0.3, 0.4) is 0 Å². The van der Waals surface area contributed by atoms with Crippen molar-refractivity contribution in [1.82, 2.24) is 8.69 Å². The Bertz CT molecular complexity index is 410. The van der Waals surface area contributed by atoms with Gasteiger partial charge in [0.2, 0.25) is 0 Å². The Kier molecular flexibility index (Phi) is 3.10. The Morgan fingerprint density at radius 2 is 1.73 bits per heavy atom. The van der Waals surface area contributed by atoms with Gasteiger partial charge in [0, 0.05) is 12.4 Å². The molecule has 0 aliphatic carbocycles. The number of alkyl halides is 3. The number of halogens is 3. The van der Waals surface area contributed by atoms with Crippen LogP contribution in [-0.2, 0) is 10.2 Å². The molecule has 0 unspecified atom stereocenters. The fraction of sp³-hybridized carbons (Fsp3) is 0.429. The van der Waals surface area contributed by atoms with E-state index in [0.29, 0.717) is 3.97 Å². The summed E-state index contributed by atoms with van der Waals surface area (Å²) in [5.74, 6) is 0.